The van der Waals surface area contributed by atoms with Gasteiger partial charge in [0.2, 0.25) is 0 Å². The van der Waals surface area contributed by atoms with Crippen LogP contribution in [-0.4, -0.2) is 42.6 Å². The van der Waals surface area contributed by atoms with Crippen LogP contribution in [0.25, 0.3) is 0 Å². The smallest absolute Gasteiger partial charge is 0.0406 e. The zero-order valence-electron chi connectivity index (χ0n) is 11.9. The van der Waals surface area contributed by atoms with Gasteiger partial charge in [-0.3, -0.25) is 0 Å². The minimum absolute atomic E-state index is 0.520. The van der Waals surface area contributed by atoms with Crippen molar-refractivity contribution in [3.63, 3.8) is 0 Å². The molecular formula is C16H23ClN2S. The molecule has 110 valence electrons. The molecule has 2 aliphatic rings. The highest BCUT2D eigenvalue weighted by molar-refractivity contribution is 7.99. The van der Waals surface area contributed by atoms with E-state index in [1.165, 1.54) is 49.5 Å². The maximum Gasteiger partial charge on any atom is 0.0406 e. The third kappa shape index (κ3) is 4.14. The lowest BCUT2D eigenvalue weighted by Gasteiger charge is -2.27. The van der Waals surface area contributed by atoms with Crippen molar-refractivity contribution in [2.75, 3.05) is 37.7 Å². The van der Waals surface area contributed by atoms with Crippen LogP contribution < -0.4 is 5.32 Å². The van der Waals surface area contributed by atoms with Gasteiger partial charge in [0.25, 0.3) is 0 Å². The Balaban J connectivity index is 1.51. The van der Waals surface area contributed by atoms with Gasteiger partial charge in [-0.05, 0) is 36.5 Å². The Labute approximate surface area is 131 Å². The van der Waals surface area contributed by atoms with E-state index in [-0.39, 0.29) is 0 Å². The summed E-state index contributed by atoms with van der Waals surface area (Å²) >= 11 is 8.07. The molecule has 3 rings (SSSR count). The maximum atomic E-state index is 5.99. The second kappa shape index (κ2) is 7.17. The highest BCUT2D eigenvalue weighted by Gasteiger charge is 2.31. The summed E-state index contributed by atoms with van der Waals surface area (Å²) in [6, 6.07) is 8.89. The van der Waals surface area contributed by atoms with Crippen molar-refractivity contribution in [2.45, 2.75) is 18.9 Å². The summed E-state index contributed by atoms with van der Waals surface area (Å²) in [6.45, 7) is 4.77. The molecule has 1 unspecified atom stereocenters. The number of thioether (sulfide) groups is 1. The first-order valence-electron chi connectivity index (χ1n) is 7.62. The number of rotatable bonds is 6. The molecule has 0 amide bonds. The molecule has 0 spiro atoms. The van der Waals surface area contributed by atoms with E-state index in [4.69, 9.17) is 11.6 Å². The molecule has 1 aromatic rings. The quantitative estimate of drug-likeness (QED) is 0.866. The van der Waals surface area contributed by atoms with Crippen LogP contribution in [0.5, 0.6) is 0 Å². The van der Waals surface area contributed by atoms with E-state index in [1.54, 1.807) is 0 Å². The van der Waals surface area contributed by atoms with Gasteiger partial charge < -0.3 is 10.2 Å². The van der Waals surface area contributed by atoms with Crippen molar-refractivity contribution in [1.82, 2.24) is 10.2 Å². The molecule has 1 aliphatic carbocycles. The Morgan fingerprint density at radius 2 is 1.90 bits per heavy atom. The summed E-state index contributed by atoms with van der Waals surface area (Å²) in [5, 5.41) is 4.60. The lowest BCUT2D eigenvalue weighted by Crippen LogP contribution is -2.38. The molecule has 0 aromatic heterocycles. The summed E-state index contributed by atoms with van der Waals surface area (Å²) in [4.78, 5) is 2.58. The number of nitrogens with one attached hydrogen (secondary N) is 1. The van der Waals surface area contributed by atoms with Crippen molar-refractivity contribution in [3.8, 4) is 0 Å². The molecule has 1 aromatic carbocycles. The SMILES string of the molecule is Clc1ccc(C(NCCN2CCSCC2)C2CC2)cc1. The summed E-state index contributed by atoms with van der Waals surface area (Å²) < 4.78 is 0. The molecule has 2 fully saturated rings. The van der Waals surface area contributed by atoms with Crippen LogP contribution in [0.2, 0.25) is 5.02 Å². The van der Waals surface area contributed by atoms with Crippen LogP contribution in [0.3, 0.4) is 0 Å². The van der Waals surface area contributed by atoms with Gasteiger partial charge in [0, 0.05) is 48.7 Å². The minimum Gasteiger partial charge on any atom is -0.308 e. The summed E-state index contributed by atoms with van der Waals surface area (Å²) in [5.74, 6) is 3.42. The van der Waals surface area contributed by atoms with Crippen LogP contribution in [-0.2, 0) is 0 Å². The third-order valence-corrected chi connectivity index (χ3v) is 5.41. The number of benzene rings is 1. The first-order chi connectivity index (χ1) is 9.83. The fourth-order valence-electron chi connectivity index (χ4n) is 2.86. The Kier molecular flexibility index (Phi) is 5.27. The Morgan fingerprint density at radius 1 is 1.20 bits per heavy atom. The van der Waals surface area contributed by atoms with Crippen molar-refractivity contribution in [3.05, 3.63) is 34.9 Å². The molecule has 1 N–H and O–H groups in total. The molecule has 1 heterocycles. The monoisotopic (exact) mass is 310 g/mol. The topological polar surface area (TPSA) is 15.3 Å². The predicted octanol–water partition coefficient (Wildman–Crippen LogP) is 3.43. The van der Waals surface area contributed by atoms with Crippen molar-refractivity contribution < 1.29 is 0 Å². The third-order valence-electron chi connectivity index (χ3n) is 4.22. The standard InChI is InChI=1S/C16H23ClN2S/c17-15-5-3-14(4-6-15)16(13-1-2-13)18-7-8-19-9-11-20-12-10-19/h3-6,13,16,18H,1-2,7-12H2. The average molecular weight is 311 g/mol. The van der Waals surface area contributed by atoms with Crippen LogP contribution in [0.4, 0.5) is 0 Å². The predicted molar refractivity (Wildman–Crippen MR) is 88.7 cm³/mol. The normalized spacial score (nSPS) is 21.9. The molecule has 4 heteroatoms. The number of halogens is 1. The Hall–Kier alpha value is -0.220. The van der Waals surface area contributed by atoms with Gasteiger partial charge >= 0.3 is 0 Å². The van der Waals surface area contributed by atoms with Crippen LogP contribution in [0, 0.1) is 5.92 Å². The van der Waals surface area contributed by atoms with E-state index >= 15 is 0 Å². The van der Waals surface area contributed by atoms with Gasteiger partial charge in [-0.15, -0.1) is 0 Å². The summed E-state index contributed by atoms with van der Waals surface area (Å²) in [6.07, 6.45) is 2.72. The molecule has 1 atom stereocenters. The molecule has 0 radical (unpaired) electrons. The van der Waals surface area contributed by atoms with Crippen LogP contribution >= 0.6 is 23.4 Å². The van der Waals surface area contributed by atoms with E-state index in [2.05, 4.69) is 34.1 Å². The number of hydrogen-bond acceptors (Lipinski definition) is 3. The molecule has 1 aliphatic heterocycles. The van der Waals surface area contributed by atoms with E-state index in [0.29, 0.717) is 6.04 Å². The van der Waals surface area contributed by atoms with E-state index in [1.807, 2.05) is 12.1 Å². The maximum absolute atomic E-state index is 5.99. The van der Waals surface area contributed by atoms with Gasteiger partial charge in [-0.1, -0.05) is 23.7 Å². The molecule has 20 heavy (non-hydrogen) atoms. The average Bonchev–Trinajstić information content (AvgIpc) is 3.31. The summed E-state index contributed by atoms with van der Waals surface area (Å²) in [5.41, 5.74) is 1.39. The van der Waals surface area contributed by atoms with E-state index in [9.17, 15) is 0 Å². The lowest BCUT2D eigenvalue weighted by atomic mass is 10.0. The number of hydrogen-bond donors (Lipinski definition) is 1. The van der Waals surface area contributed by atoms with Gasteiger partial charge in [-0.25, -0.2) is 0 Å². The number of nitrogens with zero attached hydrogens (tertiary/aromatic N) is 1. The van der Waals surface area contributed by atoms with Crippen molar-refractivity contribution >= 4 is 23.4 Å². The zero-order chi connectivity index (χ0) is 13.8. The molecule has 0 bridgehead atoms. The van der Waals surface area contributed by atoms with Crippen LogP contribution in [0.1, 0.15) is 24.4 Å². The molecular weight excluding hydrogens is 288 g/mol. The molecule has 2 nitrogen and oxygen atoms in total. The largest absolute Gasteiger partial charge is 0.308 e. The van der Waals surface area contributed by atoms with E-state index < -0.39 is 0 Å². The Morgan fingerprint density at radius 3 is 2.55 bits per heavy atom. The minimum atomic E-state index is 0.520. The van der Waals surface area contributed by atoms with E-state index in [0.717, 1.165) is 17.5 Å². The highest BCUT2D eigenvalue weighted by Crippen LogP contribution is 2.41. The zero-order valence-corrected chi connectivity index (χ0v) is 13.4. The second-order valence-electron chi connectivity index (χ2n) is 5.77. The first-order valence-corrected chi connectivity index (χ1v) is 9.15. The van der Waals surface area contributed by atoms with Gasteiger partial charge in [-0.2, -0.15) is 11.8 Å². The lowest BCUT2D eigenvalue weighted by molar-refractivity contribution is 0.292. The molecule has 1 saturated heterocycles. The highest BCUT2D eigenvalue weighted by atomic mass is 35.5. The first kappa shape index (κ1) is 14.7. The fraction of sp³-hybridized carbons (Fsp3) is 0.625. The fourth-order valence-corrected chi connectivity index (χ4v) is 3.96. The molecule has 1 saturated carbocycles. The van der Waals surface area contributed by atoms with Crippen molar-refractivity contribution in [1.29, 1.82) is 0 Å². The van der Waals surface area contributed by atoms with Crippen LogP contribution in [0.15, 0.2) is 24.3 Å². The van der Waals surface area contributed by atoms with Gasteiger partial charge in [0.05, 0.1) is 0 Å². The van der Waals surface area contributed by atoms with Gasteiger partial charge in [0.1, 0.15) is 0 Å². The van der Waals surface area contributed by atoms with Gasteiger partial charge in [0.15, 0.2) is 0 Å². The second-order valence-corrected chi connectivity index (χ2v) is 7.44. The van der Waals surface area contributed by atoms with Crippen molar-refractivity contribution in [2.24, 2.45) is 5.92 Å². The Bertz CT molecular complexity index is 413. The summed E-state index contributed by atoms with van der Waals surface area (Å²) in [7, 11) is 0.